The van der Waals surface area contributed by atoms with Crippen LogP contribution in [0.25, 0.3) is 0 Å². The van der Waals surface area contributed by atoms with E-state index >= 15 is 0 Å². The van der Waals surface area contributed by atoms with Crippen molar-refractivity contribution in [3.05, 3.63) is 29.3 Å². The van der Waals surface area contributed by atoms with E-state index in [0.29, 0.717) is 17.7 Å². The van der Waals surface area contributed by atoms with Crippen molar-refractivity contribution in [2.75, 3.05) is 26.3 Å². The summed E-state index contributed by atoms with van der Waals surface area (Å²) in [5, 5.41) is 3.99. The van der Waals surface area contributed by atoms with Gasteiger partial charge in [0.1, 0.15) is 5.75 Å². The maximum Gasteiger partial charge on any atom is 0.137 e. The number of ether oxygens (including phenoxy) is 2. The van der Waals surface area contributed by atoms with Crippen LogP contribution in [0.15, 0.2) is 24.3 Å². The highest BCUT2D eigenvalue weighted by Crippen LogP contribution is 2.23. The van der Waals surface area contributed by atoms with E-state index in [1.54, 1.807) is 0 Å². The van der Waals surface area contributed by atoms with E-state index in [0.717, 1.165) is 44.7 Å². The van der Waals surface area contributed by atoms with Gasteiger partial charge in [-0.05, 0) is 38.1 Å². The first-order valence-corrected chi connectivity index (χ1v) is 6.94. The molecular weight excluding hydrogens is 250 g/mol. The summed E-state index contributed by atoms with van der Waals surface area (Å²) >= 11 is 6.00. The van der Waals surface area contributed by atoms with Crippen molar-refractivity contribution in [2.45, 2.75) is 25.4 Å². The van der Waals surface area contributed by atoms with Crippen LogP contribution >= 0.6 is 11.6 Å². The molecule has 0 unspecified atom stereocenters. The Hall–Kier alpha value is -0.770. The summed E-state index contributed by atoms with van der Waals surface area (Å²) in [5.41, 5.74) is 0. The fourth-order valence-electron chi connectivity index (χ4n) is 2.01. The smallest absolute Gasteiger partial charge is 0.137 e. The van der Waals surface area contributed by atoms with Crippen LogP contribution in [0.2, 0.25) is 5.02 Å². The molecule has 0 spiro atoms. The number of hydrogen-bond acceptors (Lipinski definition) is 3. The minimum absolute atomic E-state index is 0.423. The lowest BCUT2D eigenvalue weighted by molar-refractivity contribution is 0.0269. The fourth-order valence-corrected chi connectivity index (χ4v) is 2.21. The Labute approximate surface area is 113 Å². The van der Waals surface area contributed by atoms with Crippen molar-refractivity contribution in [3.63, 3.8) is 0 Å². The number of halogens is 1. The van der Waals surface area contributed by atoms with Crippen LogP contribution < -0.4 is 10.1 Å². The van der Waals surface area contributed by atoms with Gasteiger partial charge in [0.2, 0.25) is 0 Å². The van der Waals surface area contributed by atoms with Crippen LogP contribution in [0.5, 0.6) is 5.75 Å². The lowest BCUT2D eigenvalue weighted by Crippen LogP contribution is -2.32. The van der Waals surface area contributed by atoms with E-state index in [1.807, 2.05) is 24.3 Å². The number of piperidine rings is 1. The molecule has 1 aliphatic rings. The number of nitrogens with one attached hydrogen (secondary N) is 1. The van der Waals surface area contributed by atoms with Gasteiger partial charge < -0.3 is 14.8 Å². The third kappa shape index (κ3) is 4.48. The van der Waals surface area contributed by atoms with Gasteiger partial charge in [0.05, 0.1) is 24.3 Å². The van der Waals surface area contributed by atoms with E-state index < -0.39 is 0 Å². The van der Waals surface area contributed by atoms with Gasteiger partial charge in [-0.1, -0.05) is 23.7 Å². The molecule has 1 aromatic rings. The molecule has 1 saturated heterocycles. The van der Waals surface area contributed by atoms with Crippen molar-refractivity contribution in [1.82, 2.24) is 5.32 Å². The SMILES string of the molecule is Clc1ccccc1OCCCOC1CCNCC1. The van der Waals surface area contributed by atoms with Gasteiger partial charge >= 0.3 is 0 Å². The summed E-state index contributed by atoms with van der Waals surface area (Å²) in [7, 11) is 0. The Morgan fingerprint density at radius 1 is 1.17 bits per heavy atom. The molecule has 4 heteroatoms. The summed E-state index contributed by atoms with van der Waals surface area (Å²) in [6.07, 6.45) is 3.55. The normalized spacial score (nSPS) is 16.7. The zero-order valence-electron chi connectivity index (χ0n) is 10.5. The zero-order valence-corrected chi connectivity index (χ0v) is 11.3. The second kappa shape index (κ2) is 7.62. The van der Waals surface area contributed by atoms with E-state index in [-0.39, 0.29) is 0 Å². The summed E-state index contributed by atoms with van der Waals surface area (Å²) in [6, 6.07) is 7.54. The van der Waals surface area contributed by atoms with Gasteiger partial charge in [-0.2, -0.15) is 0 Å². The molecule has 100 valence electrons. The Balaban J connectivity index is 1.57. The summed E-state index contributed by atoms with van der Waals surface area (Å²) in [4.78, 5) is 0. The Morgan fingerprint density at radius 3 is 2.72 bits per heavy atom. The van der Waals surface area contributed by atoms with Gasteiger partial charge in [0, 0.05) is 6.42 Å². The van der Waals surface area contributed by atoms with Crippen LogP contribution in [0.4, 0.5) is 0 Å². The zero-order chi connectivity index (χ0) is 12.6. The Morgan fingerprint density at radius 2 is 1.94 bits per heavy atom. The minimum atomic E-state index is 0.423. The summed E-state index contributed by atoms with van der Waals surface area (Å²) < 4.78 is 11.4. The van der Waals surface area contributed by atoms with Crippen molar-refractivity contribution in [3.8, 4) is 5.75 Å². The minimum Gasteiger partial charge on any atom is -0.492 e. The standard InChI is InChI=1S/C14H20ClNO2/c15-13-4-1-2-5-14(13)18-11-3-10-17-12-6-8-16-9-7-12/h1-2,4-5,12,16H,3,6-11H2. The lowest BCUT2D eigenvalue weighted by Gasteiger charge is -2.22. The van der Waals surface area contributed by atoms with Crippen LogP contribution in [-0.4, -0.2) is 32.4 Å². The predicted molar refractivity (Wildman–Crippen MR) is 73.4 cm³/mol. The molecular formula is C14H20ClNO2. The third-order valence-corrected chi connectivity index (χ3v) is 3.33. The molecule has 0 amide bonds. The van der Waals surface area contributed by atoms with Crippen molar-refractivity contribution < 1.29 is 9.47 Å². The number of para-hydroxylation sites is 1. The molecule has 0 aromatic heterocycles. The van der Waals surface area contributed by atoms with Crippen molar-refractivity contribution >= 4 is 11.6 Å². The average Bonchev–Trinajstić information content (AvgIpc) is 2.42. The van der Waals surface area contributed by atoms with Gasteiger partial charge in [-0.25, -0.2) is 0 Å². The second-order valence-electron chi connectivity index (χ2n) is 4.45. The maximum atomic E-state index is 6.00. The molecule has 0 bridgehead atoms. The lowest BCUT2D eigenvalue weighted by atomic mass is 10.1. The van der Waals surface area contributed by atoms with Crippen LogP contribution in [0.3, 0.4) is 0 Å². The maximum absolute atomic E-state index is 6.00. The largest absolute Gasteiger partial charge is 0.492 e. The topological polar surface area (TPSA) is 30.5 Å². The first kappa shape index (κ1) is 13.7. The molecule has 0 aliphatic carbocycles. The highest BCUT2D eigenvalue weighted by Gasteiger charge is 2.12. The Bertz CT molecular complexity index is 353. The molecule has 0 saturated carbocycles. The Kier molecular flexibility index (Phi) is 5.78. The number of hydrogen-bond donors (Lipinski definition) is 1. The summed E-state index contributed by atoms with van der Waals surface area (Å²) in [5.74, 6) is 0.751. The quantitative estimate of drug-likeness (QED) is 0.806. The molecule has 1 aromatic carbocycles. The van der Waals surface area contributed by atoms with E-state index in [9.17, 15) is 0 Å². The fraction of sp³-hybridized carbons (Fsp3) is 0.571. The highest BCUT2D eigenvalue weighted by molar-refractivity contribution is 6.32. The van der Waals surface area contributed by atoms with Gasteiger partial charge in [0.15, 0.2) is 0 Å². The van der Waals surface area contributed by atoms with Gasteiger partial charge in [-0.15, -0.1) is 0 Å². The molecule has 1 fully saturated rings. The predicted octanol–water partition coefficient (Wildman–Crippen LogP) is 2.88. The van der Waals surface area contributed by atoms with Gasteiger partial charge in [-0.3, -0.25) is 0 Å². The second-order valence-corrected chi connectivity index (χ2v) is 4.86. The van der Waals surface area contributed by atoms with Crippen LogP contribution in [0.1, 0.15) is 19.3 Å². The highest BCUT2D eigenvalue weighted by atomic mass is 35.5. The van der Waals surface area contributed by atoms with Crippen LogP contribution in [0, 0.1) is 0 Å². The molecule has 3 nitrogen and oxygen atoms in total. The van der Waals surface area contributed by atoms with Crippen molar-refractivity contribution in [1.29, 1.82) is 0 Å². The molecule has 18 heavy (non-hydrogen) atoms. The van der Waals surface area contributed by atoms with Crippen LogP contribution in [-0.2, 0) is 4.74 Å². The average molecular weight is 270 g/mol. The third-order valence-electron chi connectivity index (χ3n) is 3.02. The molecule has 1 heterocycles. The van der Waals surface area contributed by atoms with Gasteiger partial charge in [0.25, 0.3) is 0 Å². The molecule has 0 atom stereocenters. The molecule has 1 N–H and O–H groups in total. The van der Waals surface area contributed by atoms with E-state index in [1.165, 1.54) is 0 Å². The monoisotopic (exact) mass is 269 g/mol. The number of benzene rings is 1. The molecule has 0 radical (unpaired) electrons. The molecule has 1 aliphatic heterocycles. The molecule has 2 rings (SSSR count). The first-order chi connectivity index (χ1) is 8.86. The van der Waals surface area contributed by atoms with E-state index in [2.05, 4.69) is 5.32 Å². The van der Waals surface area contributed by atoms with E-state index in [4.69, 9.17) is 21.1 Å². The number of rotatable bonds is 6. The summed E-state index contributed by atoms with van der Waals surface area (Å²) in [6.45, 7) is 3.55. The van der Waals surface area contributed by atoms with Crippen molar-refractivity contribution in [2.24, 2.45) is 0 Å². The first-order valence-electron chi connectivity index (χ1n) is 6.56.